The molecule has 0 saturated heterocycles. The van der Waals surface area contributed by atoms with E-state index >= 15 is 0 Å². The number of nitrogens with zero attached hydrogens (tertiary/aromatic N) is 3. The Balaban J connectivity index is 1.79. The maximum atomic E-state index is 13.6. The van der Waals surface area contributed by atoms with E-state index in [4.69, 9.17) is 11.6 Å². The lowest BCUT2D eigenvalue weighted by Crippen LogP contribution is -2.17. The Bertz CT molecular complexity index is 960. The van der Waals surface area contributed by atoms with Crippen LogP contribution in [0, 0.1) is 12.7 Å². The molecule has 0 aliphatic carbocycles. The van der Waals surface area contributed by atoms with Crippen LogP contribution >= 0.6 is 11.6 Å². The number of aryl methyl sites for hydroxylation is 2. The van der Waals surface area contributed by atoms with Crippen molar-refractivity contribution in [1.82, 2.24) is 15.0 Å². The third kappa shape index (κ3) is 3.39. The second-order valence-electron chi connectivity index (χ2n) is 5.44. The van der Waals surface area contributed by atoms with E-state index in [2.05, 4.69) is 20.1 Å². The Morgan fingerprint density at radius 2 is 2.20 bits per heavy atom. The number of benzene rings is 2. The fourth-order valence-corrected chi connectivity index (χ4v) is 2.86. The van der Waals surface area contributed by atoms with Crippen LogP contribution in [0.4, 0.5) is 4.39 Å². The second kappa shape index (κ2) is 7.03. The van der Waals surface area contributed by atoms with Gasteiger partial charge in [0.2, 0.25) is 0 Å². The minimum atomic E-state index is -0.507. The number of carbonyl (C=O) groups is 1. The summed E-state index contributed by atoms with van der Waals surface area (Å²) in [5, 5.41) is 4.01. The van der Waals surface area contributed by atoms with Crippen LogP contribution in [0.15, 0.2) is 41.5 Å². The maximum Gasteiger partial charge on any atom is 0.271 e. The zero-order valence-electron chi connectivity index (χ0n) is 13.8. The molecule has 0 spiro atoms. The van der Waals surface area contributed by atoms with Crippen LogP contribution in [0.5, 0.6) is 0 Å². The fraction of sp³-hybridized carbons (Fsp3) is 0.167. The van der Waals surface area contributed by atoms with E-state index in [1.54, 1.807) is 18.2 Å². The molecule has 128 valence electrons. The number of hydrazone groups is 1. The summed E-state index contributed by atoms with van der Waals surface area (Å²) in [5.74, 6) is -0.0240. The molecule has 7 heteroatoms. The predicted octanol–water partition coefficient (Wildman–Crippen LogP) is 3.92. The first-order valence-corrected chi connectivity index (χ1v) is 8.13. The molecule has 0 unspecified atom stereocenters. The van der Waals surface area contributed by atoms with E-state index < -0.39 is 11.7 Å². The quantitative estimate of drug-likeness (QED) is 0.567. The van der Waals surface area contributed by atoms with E-state index in [1.807, 2.05) is 19.9 Å². The highest BCUT2D eigenvalue weighted by Crippen LogP contribution is 2.18. The van der Waals surface area contributed by atoms with Crippen molar-refractivity contribution in [3.63, 3.8) is 0 Å². The van der Waals surface area contributed by atoms with Gasteiger partial charge in [-0.05, 0) is 44.2 Å². The summed E-state index contributed by atoms with van der Waals surface area (Å²) >= 11 is 5.90. The lowest BCUT2D eigenvalue weighted by atomic mass is 10.2. The molecule has 0 atom stereocenters. The van der Waals surface area contributed by atoms with Crippen LogP contribution in [0.3, 0.4) is 0 Å². The molecule has 1 amide bonds. The van der Waals surface area contributed by atoms with Crippen LogP contribution in [0.1, 0.15) is 28.7 Å². The summed E-state index contributed by atoms with van der Waals surface area (Å²) in [7, 11) is 0. The zero-order valence-corrected chi connectivity index (χ0v) is 14.5. The highest BCUT2D eigenvalue weighted by Gasteiger charge is 2.10. The maximum absolute atomic E-state index is 13.6. The molecule has 0 aliphatic heterocycles. The van der Waals surface area contributed by atoms with Crippen molar-refractivity contribution < 1.29 is 9.18 Å². The molecular formula is C18H16ClFN4O. The van der Waals surface area contributed by atoms with E-state index in [-0.39, 0.29) is 10.6 Å². The van der Waals surface area contributed by atoms with Crippen molar-refractivity contribution in [2.45, 2.75) is 20.4 Å². The van der Waals surface area contributed by atoms with Crippen molar-refractivity contribution >= 4 is 34.8 Å². The molecule has 0 aliphatic rings. The van der Waals surface area contributed by atoms with Gasteiger partial charge in [0.1, 0.15) is 11.6 Å². The minimum Gasteiger partial charge on any atom is -0.329 e. The Morgan fingerprint density at radius 3 is 2.92 bits per heavy atom. The Labute approximate surface area is 149 Å². The average Bonchev–Trinajstić information content (AvgIpc) is 2.91. The molecule has 0 bridgehead atoms. The number of amides is 1. The van der Waals surface area contributed by atoms with E-state index in [0.29, 0.717) is 5.56 Å². The van der Waals surface area contributed by atoms with Crippen molar-refractivity contribution in [3.05, 3.63) is 64.2 Å². The molecule has 2 aromatic carbocycles. The summed E-state index contributed by atoms with van der Waals surface area (Å²) in [6, 6.07) is 9.58. The highest BCUT2D eigenvalue weighted by molar-refractivity contribution is 6.33. The van der Waals surface area contributed by atoms with Crippen molar-refractivity contribution in [1.29, 1.82) is 0 Å². The number of halogens is 2. The smallest absolute Gasteiger partial charge is 0.271 e. The van der Waals surface area contributed by atoms with Gasteiger partial charge in [-0.3, -0.25) is 4.79 Å². The molecule has 3 aromatic rings. The van der Waals surface area contributed by atoms with Crippen molar-refractivity contribution in [2.75, 3.05) is 0 Å². The normalized spacial score (nSPS) is 11.4. The van der Waals surface area contributed by atoms with Gasteiger partial charge in [0.25, 0.3) is 5.91 Å². The van der Waals surface area contributed by atoms with E-state index in [0.717, 1.165) is 23.4 Å². The first kappa shape index (κ1) is 17.1. The standard InChI is InChI=1S/C18H16ClFN4O/c1-3-24-11(2)22-16-9-12(7-8-17(16)24)18(25)23-21-10-13-14(19)5-4-6-15(13)20/h4-10H,3H2,1-2H3,(H,23,25). The number of carbonyl (C=O) groups excluding carboxylic acids is 1. The highest BCUT2D eigenvalue weighted by atomic mass is 35.5. The lowest BCUT2D eigenvalue weighted by Gasteiger charge is -2.03. The van der Waals surface area contributed by atoms with Gasteiger partial charge in [-0.1, -0.05) is 17.7 Å². The third-order valence-corrected chi connectivity index (χ3v) is 4.21. The molecule has 25 heavy (non-hydrogen) atoms. The lowest BCUT2D eigenvalue weighted by molar-refractivity contribution is 0.0955. The number of nitrogens with one attached hydrogen (secondary N) is 1. The number of aromatic nitrogens is 2. The molecule has 5 nitrogen and oxygen atoms in total. The molecule has 3 rings (SSSR count). The van der Waals surface area contributed by atoms with Gasteiger partial charge < -0.3 is 4.57 Å². The van der Waals surface area contributed by atoms with E-state index in [9.17, 15) is 9.18 Å². The SMILES string of the molecule is CCn1c(C)nc2cc(C(=O)NN=Cc3c(F)cccc3Cl)ccc21. The van der Waals surface area contributed by atoms with Gasteiger partial charge >= 0.3 is 0 Å². The molecule has 0 saturated carbocycles. The topological polar surface area (TPSA) is 59.3 Å². The van der Waals surface area contributed by atoms with Crippen molar-refractivity contribution in [3.8, 4) is 0 Å². The van der Waals surface area contributed by atoms with Gasteiger partial charge in [0, 0.05) is 17.7 Å². The molecule has 0 radical (unpaired) electrons. The van der Waals surface area contributed by atoms with Crippen LogP contribution in [-0.4, -0.2) is 21.7 Å². The van der Waals surface area contributed by atoms with Gasteiger partial charge in [-0.15, -0.1) is 0 Å². The number of imidazole rings is 1. The van der Waals surface area contributed by atoms with Gasteiger partial charge in [0.05, 0.1) is 22.3 Å². The number of rotatable bonds is 4. The average molecular weight is 359 g/mol. The van der Waals surface area contributed by atoms with Gasteiger partial charge in [-0.2, -0.15) is 5.10 Å². The Kier molecular flexibility index (Phi) is 4.81. The van der Waals surface area contributed by atoms with E-state index in [1.165, 1.54) is 18.3 Å². The Morgan fingerprint density at radius 1 is 1.40 bits per heavy atom. The largest absolute Gasteiger partial charge is 0.329 e. The molecule has 1 N–H and O–H groups in total. The van der Waals surface area contributed by atoms with Gasteiger partial charge in [-0.25, -0.2) is 14.8 Å². The first-order valence-electron chi connectivity index (χ1n) is 7.75. The number of fused-ring (bicyclic) bond motifs is 1. The zero-order chi connectivity index (χ0) is 18.0. The fourth-order valence-electron chi connectivity index (χ4n) is 2.64. The summed E-state index contributed by atoms with van der Waals surface area (Å²) in [6.45, 7) is 4.77. The summed E-state index contributed by atoms with van der Waals surface area (Å²) in [6.07, 6.45) is 1.18. The monoisotopic (exact) mass is 358 g/mol. The molecule has 1 aromatic heterocycles. The van der Waals surface area contributed by atoms with Crippen LogP contribution < -0.4 is 5.43 Å². The minimum absolute atomic E-state index is 0.122. The van der Waals surface area contributed by atoms with Crippen molar-refractivity contribution in [2.24, 2.45) is 5.10 Å². The van der Waals surface area contributed by atoms with Gasteiger partial charge in [0.15, 0.2) is 0 Å². The summed E-state index contributed by atoms with van der Waals surface area (Å²) in [5.41, 5.74) is 4.63. The first-order chi connectivity index (χ1) is 12.0. The number of hydrogen-bond donors (Lipinski definition) is 1. The van der Waals surface area contributed by atoms with Crippen LogP contribution in [-0.2, 0) is 6.54 Å². The van der Waals surface area contributed by atoms with Crippen LogP contribution in [0.25, 0.3) is 11.0 Å². The Hall–Kier alpha value is -2.73. The predicted molar refractivity (Wildman–Crippen MR) is 96.6 cm³/mol. The third-order valence-electron chi connectivity index (χ3n) is 3.88. The molecular weight excluding hydrogens is 343 g/mol. The number of hydrogen-bond acceptors (Lipinski definition) is 3. The summed E-state index contributed by atoms with van der Waals surface area (Å²) in [4.78, 5) is 16.7. The summed E-state index contributed by atoms with van der Waals surface area (Å²) < 4.78 is 15.7. The van der Waals surface area contributed by atoms with Crippen LogP contribution in [0.2, 0.25) is 5.02 Å². The molecule has 0 fully saturated rings. The second-order valence-corrected chi connectivity index (χ2v) is 5.85. The molecule has 1 heterocycles.